The maximum atomic E-state index is 4.03. The number of rotatable bonds is 1. The van der Waals surface area contributed by atoms with E-state index in [1.807, 2.05) is 13.8 Å². The number of nitrogens with zero attached hydrogens (tertiary/aromatic N) is 1. The molecular weight excluding hydrogens is 189 g/mol. The quantitative estimate of drug-likeness (QED) is 0.449. The monoisotopic (exact) mass is 197 g/mol. The molecule has 0 aliphatic carbocycles. The maximum absolute atomic E-state index is 4.03. The van der Waals surface area contributed by atoms with Crippen LogP contribution in [0, 0.1) is 0 Å². The molecule has 0 aliphatic heterocycles. The van der Waals surface area contributed by atoms with Gasteiger partial charge in [0.2, 0.25) is 0 Å². The maximum Gasteiger partial charge on any atom is 0.0697 e. The minimum atomic E-state index is 0.911. The predicted octanol–water partition coefficient (Wildman–Crippen LogP) is 1.86. The van der Waals surface area contributed by atoms with Crippen molar-refractivity contribution in [2.75, 3.05) is 6.54 Å². The van der Waals surface area contributed by atoms with Crippen molar-refractivity contribution in [1.82, 2.24) is 0 Å². The highest BCUT2D eigenvalue weighted by molar-refractivity contribution is 14.1. The zero-order valence-electron chi connectivity index (χ0n) is 4.03. The molecule has 0 aliphatic rings. The van der Waals surface area contributed by atoms with Crippen LogP contribution < -0.4 is 0 Å². The highest BCUT2D eigenvalue weighted by Crippen LogP contribution is 1.85. The SMILES string of the molecule is CCN=C(C)I. The van der Waals surface area contributed by atoms with E-state index in [4.69, 9.17) is 0 Å². The van der Waals surface area contributed by atoms with E-state index >= 15 is 0 Å². The van der Waals surface area contributed by atoms with Gasteiger partial charge in [-0.25, -0.2) is 0 Å². The molecule has 0 unspecified atom stereocenters. The Labute approximate surface area is 52.0 Å². The molecule has 0 aromatic heterocycles. The lowest BCUT2D eigenvalue weighted by molar-refractivity contribution is 1.14. The van der Waals surface area contributed by atoms with E-state index in [0.29, 0.717) is 0 Å². The molecule has 36 valence electrons. The van der Waals surface area contributed by atoms with Gasteiger partial charge in [-0.3, -0.25) is 4.99 Å². The Balaban J connectivity index is 3.14. The minimum Gasteiger partial charge on any atom is -0.284 e. The van der Waals surface area contributed by atoms with Crippen LogP contribution in [-0.4, -0.2) is 10.3 Å². The standard InChI is InChI=1S/C4H8IN/c1-3-6-4(2)5/h3H2,1-2H3. The Hall–Kier alpha value is 0.400. The van der Waals surface area contributed by atoms with Crippen LogP contribution in [0.2, 0.25) is 0 Å². The molecule has 0 bridgehead atoms. The van der Waals surface area contributed by atoms with Crippen molar-refractivity contribution in [2.45, 2.75) is 13.8 Å². The fourth-order valence-corrected chi connectivity index (χ4v) is 0.559. The molecule has 0 heterocycles. The van der Waals surface area contributed by atoms with Crippen LogP contribution in [0.5, 0.6) is 0 Å². The highest BCUT2D eigenvalue weighted by atomic mass is 127. The summed E-state index contributed by atoms with van der Waals surface area (Å²) in [5.41, 5.74) is 0. The first-order valence-electron chi connectivity index (χ1n) is 1.94. The lowest BCUT2D eigenvalue weighted by Crippen LogP contribution is -1.73. The van der Waals surface area contributed by atoms with Crippen molar-refractivity contribution >= 4 is 26.3 Å². The number of aliphatic imine (C=N–C) groups is 1. The van der Waals surface area contributed by atoms with Crippen molar-refractivity contribution < 1.29 is 0 Å². The van der Waals surface area contributed by atoms with E-state index in [-0.39, 0.29) is 0 Å². The Kier molecular flexibility index (Phi) is 3.82. The molecule has 0 aromatic rings. The van der Waals surface area contributed by atoms with Gasteiger partial charge in [-0.2, -0.15) is 0 Å². The van der Waals surface area contributed by atoms with Gasteiger partial charge >= 0.3 is 0 Å². The van der Waals surface area contributed by atoms with E-state index in [1.165, 1.54) is 0 Å². The second-order valence-corrected chi connectivity index (χ2v) is 2.53. The van der Waals surface area contributed by atoms with Crippen molar-refractivity contribution in [2.24, 2.45) is 4.99 Å². The summed E-state index contributed by atoms with van der Waals surface area (Å²) in [7, 11) is 0. The Morgan fingerprint density at radius 1 is 1.83 bits per heavy atom. The zero-order chi connectivity index (χ0) is 4.99. The van der Waals surface area contributed by atoms with Gasteiger partial charge in [0.05, 0.1) is 3.72 Å². The summed E-state index contributed by atoms with van der Waals surface area (Å²) in [4.78, 5) is 4.03. The third-order valence-electron chi connectivity index (χ3n) is 0.376. The third kappa shape index (κ3) is 4.40. The fourth-order valence-electron chi connectivity index (χ4n) is 0.218. The first-order chi connectivity index (χ1) is 2.77. The molecule has 1 nitrogen and oxygen atoms in total. The topological polar surface area (TPSA) is 12.4 Å². The second kappa shape index (κ2) is 3.59. The van der Waals surface area contributed by atoms with Gasteiger partial charge in [-0.05, 0) is 36.4 Å². The van der Waals surface area contributed by atoms with Crippen LogP contribution in [-0.2, 0) is 0 Å². The summed E-state index contributed by atoms with van der Waals surface area (Å²) in [6, 6.07) is 0. The number of hydrogen-bond donors (Lipinski definition) is 0. The molecule has 0 saturated carbocycles. The minimum absolute atomic E-state index is 0.911. The van der Waals surface area contributed by atoms with Gasteiger partial charge in [-0.1, -0.05) is 0 Å². The molecule has 0 radical (unpaired) electrons. The van der Waals surface area contributed by atoms with Crippen molar-refractivity contribution in [3.8, 4) is 0 Å². The molecule has 0 atom stereocenters. The molecule has 0 saturated heterocycles. The predicted molar refractivity (Wildman–Crippen MR) is 37.7 cm³/mol. The number of hydrogen-bond acceptors (Lipinski definition) is 1. The zero-order valence-corrected chi connectivity index (χ0v) is 6.19. The summed E-state index contributed by atoms with van der Waals surface area (Å²) in [5, 5.41) is 0. The average Bonchev–Trinajstić information content (AvgIpc) is 1.35. The Morgan fingerprint density at radius 3 is 2.33 bits per heavy atom. The molecule has 0 fully saturated rings. The lowest BCUT2D eigenvalue weighted by atomic mass is 10.8. The van der Waals surface area contributed by atoms with E-state index in [2.05, 4.69) is 27.6 Å². The van der Waals surface area contributed by atoms with Gasteiger partial charge in [0.1, 0.15) is 0 Å². The van der Waals surface area contributed by atoms with Crippen LogP contribution in [0.1, 0.15) is 13.8 Å². The number of halogens is 1. The molecule has 0 N–H and O–H groups in total. The summed E-state index contributed by atoms with van der Waals surface area (Å²) in [5.74, 6) is 0. The van der Waals surface area contributed by atoms with Crippen LogP contribution in [0.15, 0.2) is 4.99 Å². The van der Waals surface area contributed by atoms with Crippen molar-refractivity contribution in [1.29, 1.82) is 0 Å². The van der Waals surface area contributed by atoms with Crippen molar-refractivity contribution in [3.05, 3.63) is 0 Å². The molecular formula is C4H8IN. The van der Waals surface area contributed by atoms with E-state index in [1.54, 1.807) is 0 Å². The molecule has 0 rings (SSSR count). The fraction of sp³-hybridized carbons (Fsp3) is 0.750. The summed E-state index contributed by atoms with van der Waals surface area (Å²) < 4.78 is 1.13. The first kappa shape index (κ1) is 6.40. The van der Waals surface area contributed by atoms with Crippen LogP contribution in [0.3, 0.4) is 0 Å². The molecule has 6 heavy (non-hydrogen) atoms. The Bertz CT molecular complexity index is 54.6. The normalized spacial score (nSPS) is 12.2. The lowest BCUT2D eigenvalue weighted by Gasteiger charge is -1.78. The van der Waals surface area contributed by atoms with Crippen LogP contribution >= 0.6 is 22.6 Å². The molecule has 0 spiro atoms. The van der Waals surface area contributed by atoms with Gasteiger partial charge < -0.3 is 0 Å². The largest absolute Gasteiger partial charge is 0.284 e. The van der Waals surface area contributed by atoms with Crippen LogP contribution in [0.25, 0.3) is 0 Å². The van der Waals surface area contributed by atoms with Gasteiger partial charge in [-0.15, -0.1) is 0 Å². The van der Waals surface area contributed by atoms with Gasteiger partial charge in [0.15, 0.2) is 0 Å². The van der Waals surface area contributed by atoms with E-state index in [9.17, 15) is 0 Å². The van der Waals surface area contributed by atoms with Crippen LogP contribution in [0.4, 0.5) is 0 Å². The van der Waals surface area contributed by atoms with Crippen molar-refractivity contribution in [3.63, 3.8) is 0 Å². The van der Waals surface area contributed by atoms with E-state index < -0.39 is 0 Å². The average molecular weight is 197 g/mol. The van der Waals surface area contributed by atoms with Gasteiger partial charge in [0.25, 0.3) is 0 Å². The Morgan fingerprint density at radius 2 is 2.33 bits per heavy atom. The van der Waals surface area contributed by atoms with Gasteiger partial charge in [0, 0.05) is 6.54 Å². The smallest absolute Gasteiger partial charge is 0.0697 e. The molecule has 2 heteroatoms. The summed E-state index contributed by atoms with van der Waals surface area (Å²) >= 11 is 2.19. The molecule has 0 amide bonds. The summed E-state index contributed by atoms with van der Waals surface area (Å²) in [6.07, 6.45) is 0. The highest BCUT2D eigenvalue weighted by Gasteiger charge is 1.70. The summed E-state index contributed by atoms with van der Waals surface area (Å²) in [6.45, 7) is 4.93. The second-order valence-electron chi connectivity index (χ2n) is 0.971. The first-order valence-corrected chi connectivity index (χ1v) is 3.01. The third-order valence-corrected chi connectivity index (χ3v) is 0.717. The molecule has 0 aromatic carbocycles. The van der Waals surface area contributed by atoms with E-state index in [0.717, 1.165) is 10.3 Å².